The summed E-state index contributed by atoms with van der Waals surface area (Å²) in [7, 11) is -3.07. The minimum Gasteiger partial charge on any atom is -0.416 e. The molecule has 0 saturated carbocycles. The third kappa shape index (κ3) is 5.85. The molecule has 0 aliphatic carbocycles. The van der Waals surface area contributed by atoms with Gasteiger partial charge in [0.15, 0.2) is 14.1 Å². The van der Waals surface area contributed by atoms with E-state index < -0.39 is 23.7 Å². The average Bonchev–Trinajstić information content (AvgIpc) is 2.47. The van der Waals surface area contributed by atoms with Gasteiger partial charge in [0, 0.05) is 28.7 Å². The fourth-order valence-electron chi connectivity index (χ4n) is 1.77. The number of benzene rings is 1. The van der Waals surface area contributed by atoms with Crippen molar-refractivity contribution in [3.8, 4) is 0 Å². The van der Waals surface area contributed by atoms with Crippen LogP contribution in [0, 0.1) is 0 Å². The van der Waals surface area contributed by atoms with Gasteiger partial charge in [0.1, 0.15) is 4.58 Å². The summed E-state index contributed by atoms with van der Waals surface area (Å²) in [6.45, 7) is 11.3. The van der Waals surface area contributed by atoms with E-state index in [1.54, 1.807) is 12.1 Å². The monoisotopic (exact) mass is 372 g/mol. The van der Waals surface area contributed by atoms with Gasteiger partial charge in [0.25, 0.3) is 0 Å². The Kier molecular flexibility index (Phi) is 7.71. The molecule has 0 bridgehead atoms. The molecule has 0 aliphatic rings. The fourth-order valence-corrected chi connectivity index (χ4v) is 5.30. The average molecular weight is 373 g/mol. The van der Waals surface area contributed by atoms with Gasteiger partial charge in [-0.15, -0.1) is 11.8 Å². The quantitative estimate of drug-likeness (QED) is 0.503. The maximum atomic E-state index is 12.5. The molecule has 2 unspecified atom stereocenters. The normalized spacial score (nSPS) is 15.2. The SMILES string of the molecule is CSC(C(=O)c1ccccc1)S(=O)CCO[Si](C)(C)C(C)(C)C. The van der Waals surface area contributed by atoms with E-state index in [9.17, 15) is 9.00 Å². The summed E-state index contributed by atoms with van der Waals surface area (Å²) >= 11 is 1.35. The number of carbonyl (C=O) groups is 1. The second-order valence-corrected chi connectivity index (χ2v) is 14.7. The molecule has 1 aromatic rings. The maximum absolute atomic E-state index is 12.5. The van der Waals surface area contributed by atoms with Gasteiger partial charge >= 0.3 is 0 Å². The van der Waals surface area contributed by atoms with Gasteiger partial charge < -0.3 is 4.43 Å². The molecule has 0 radical (unpaired) electrons. The second-order valence-electron chi connectivity index (χ2n) is 6.99. The molecular weight excluding hydrogens is 344 g/mol. The van der Waals surface area contributed by atoms with Crippen molar-refractivity contribution in [1.82, 2.24) is 0 Å². The van der Waals surface area contributed by atoms with Crippen molar-refractivity contribution in [2.75, 3.05) is 18.6 Å². The first-order valence-electron chi connectivity index (χ1n) is 7.73. The van der Waals surface area contributed by atoms with Gasteiger partial charge in [-0.1, -0.05) is 51.1 Å². The van der Waals surface area contributed by atoms with Gasteiger partial charge in [-0.25, -0.2) is 0 Å². The minimum atomic E-state index is -1.83. The van der Waals surface area contributed by atoms with Crippen molar-refractivity contribution in [3.63, 3.8) is 0 Å². The van der Waals surface area contributed by atoms with Crippen LogP contribution in [-0.4, -0.2) is 41.5 Å². The molecule has 0 aromatic heterocycles. The summed E-state index contributed by atoms with van der Waals surface area (Å²) in [4.78, 5) is 12.5. The fraction of sp³-hybridized carbons (Fsp3) is 0.588. The van der Waals surface area contributed by atoms with E-state index in [2.05, 4.69) is 33.9 Å². The zero-order chi connectivity index (χ0) is 17.7. The lowest BCUT2D eigenvalue weighted by Gasteiger charge is -2.36. The molecule has 2 atom stereocenters. The highest BCUT2D eigenvalue weighted by atomic mass is 32.2. The number of Topliss-reactive ketones (excluding diaryl/α,β-unsaturated/α-hetero) is 1. The number of carbonyl (C=O) groups excluding carboxylic acids is 1. The predicted octanol–water partition coefficient (Wildman–Crippen LogP) is 4.33. The van der Waals surface area contributed by atoms with Gasteiger partial charge in [0.2, 0.25) is 0 Å². The van der Waals surface area contributed by atoms with Crippen LogP contribution in [0.3, 0.4) is 0 Å². The van der Waals surface area contributed by atoms with Crippen LogP contribution in [0.25, 0.3) is 0 Å². The number of thioether (sulfide) groups is 1. The first-order chi connectivity index (χ1) is 10.6. The molecule has 0 spiro atoms. The zero-order valence-electron chi connectivity index (χ0n) is 14.9. The Morgan fingerprint density at radius 2 is 1.83 bits per heavy atom. The van der Waals surface area contributed by atoms with E-state index >= 15 is 0 Å². The lowest BCUT2D eigenvalue weighted by molar-refractivity contribution is 0.101. The summed E-state index contributed by atoms with van der Waals surface area (Å²) in [5.41, 5.74) is 0.616. The summed E-state index contributed by atoms with van der Waals surface area (Å²) in [5, 5.41) is 0.132. The third-order valence-electron chi connectivity index (χ3n) is 4.28. The van der Waals surface area contributed by atoms with Crippen molar-refractivity contribution >= 4 is 36.7 Å². The molecule has 0 amide bonds. The molecule has 23 heavy (non-hydrogen) atoms. The summed E-state index contributed by atoms with van der Waals surface area (Å²) in [5.74, 6) is 0.333. The van der Waals surface area contributed by atoms with Crippen LogP contribution in [0.4, 0.5) is 0 Å². The molecule has 0 saturated heterocycles. The highest BCUT2D eigenvalue weighted by Gasteiger charge is 2.37. The molecule has 1 aromatic carbocycles. The molecule has 0 aliphatic heterocycles. The van der Waals surface area contributed by atoms with Crippen LogP contribution in [0.15, 0.2) is 30.3 Å². The second kappa shape index (κ2) is 8.60. The minimum absolute atomic E-state index is 0.0660. The van der Waals surface area contributed by atoms with Crippen LogP contribution < -0.4 is 0 Å². The van der Waals surface area contributed by atoms with E-state index in [1.165, 1.54) is 11.8 Å². The van der Waals surface area contributed by atoms with Crippen molar-refractivity contribution < 1.29 is 13.4 Å². The van der Waals surface area contributed by atoms with E-state index in [0.29, 0.717) is 17.9 Å². The summed E-state index contributed by atoms with van der Waals surface area (Å²) in [6.07, 6.45) is 1.83. The van der Waals surface area contributed by atoms with Crippen LogP contribution >= 0.6 is 11.8 Å². The Bertz CT molecular complexity index is 539. The molecule has 0 heterocycles. The maximum Gasteiger partial charge on any atom is 0.192 e. The zero-order valence-corrected chi connectivity index (χ0v) is 17.6. The number of ketones is 1. The van der Waals surface area contributed by atoms with Crippen LogP contribution in [0.5, 0.6) is 0 Å². The Balaban J connectivity index is 2.64. The van der Waals surface area contributed by atoms with Crippen LogP contribution in [0.1, 0.15) is 31.1 Å². The standard InChI is InChI=1S/C17H28O3S2Si/c1-17(2,3)23(5,6)20-12-13-22(19)16(21-4)15(18)14-10-8-7-9-11-14/h7-11,16H,12-13H2,1-6H3. The largest absolute Gasteiger partial charge is 0.416 e. The number of rotatable bonds is 8. The van der Waals surface area contributed by atoms with Gasteiger partial charge in [-0.3, -0.25) is 9.00 Å². The first-order valence-corrected chi connectivity index (χ1v) is 13.3. The Morgan fingerprint density at radius 3 is 2.30 bits per heavy atom. The van der Waals surface area contributed by atoms with Gasteiger partial charge in [-0.2, -0.15) is 0 Å². The van der Waals surface area contributed by atoms with Gasteiger partial charge in [-0.05, 0) is 24.4 Å². The van der Waals surface area contributed by atoms with E-state index in [1.807, 2.05) is 24.5 Å². The first kappa shape index (κ1) is 20.6. The van der Waals surface area contributed by atoms with Crippen molar-refractivity contribution in [1.29, 1.82) is 0 Å². The third-order valence-corrected chi connectivity index (χ3v) is 11.9. The van der Waals surface area contributed by atoms with Crippen LogP contribution in [0.2, 0.25) is 18.1 Å². The molecule has 6 heteroatoms. The molecule has 3 nitrogen and oxygen atoms in total. The Morgan fingerprint density at radius 1 is 1.26 bits per heavy atom. The molecule has 1 rings (SSSR count). The topological polar surface area (TPSA) is 43.4 Å². The van der Waals surface area contributed by atoms with E-state index in [4.69, 9.17) is 4.43 Å². The van der Waals surface area contributed by atoms with Gasteiger partial charge in [0.05, 0.1) is 0 Å². The smallest absolute Gasteiger partial charge is 0.192 e. The molecule has 0 N–H and O–H groups in total. The highest BCUT2D eigenvalue weighted by molar-refractivity contribution is 8.12. The molecule has 0 fully saturated rings. The lowest BCUT2D eigenvalue weighted by Crippen LogP contribution is -2.42. The summed E-state index contributed by atoms with van der Waals surface area (Å²) < 4.78 is 18.1. The van der Waals surface area contributed by atoms with E-state index in [-0.39, 0.29) is 10.8 Å². The number of hydrogen-bond acceptors (Lipinski definition) is 4. The van der Waals surface area contributed by atoms with Crippen molar-refractivity contribution in [3.05, 3.63) is 35.9 Å². The Labute approximate surface area is 148 Å². The van der Waals surface area contributed by atoms with Crippen molar-refractivity contribution in [2.24, 2.45) is 0 Å². The molecular formula is C17H28O3S2Si. The molecule has 130 valence electrons. The predicted molar refractivity (Wildman–Crippen MR) is 104 cm³/mol. The van der Waals surface area contributed by atoms with Crippen molar-refractivity contribution in [2.45, 2.75) is 43.5 Å². The number of hydrogen-bond donors (Lipinski definition) is 0. The Hall–Kier alpha value is -0.433. The lowest BCUT2D eigenvalue weighted by atomic mass is 10.1. The summed E-state index contributed by atoms with van der Waals surface area (Å²) in [6, 6.07) is 9.07. The van der Waals surface area contributed by atoms with Crippen LogP contribution in [-0.2, 0) is 15.2 Å². The van der Waals surface area contributed by atoms with E-state index in [0.717, 1.165) is 0 Å². The highest BCUT2D eigenvalue weighted by Crippen LogP contribution is 2.36.